The van der Waals surface area contributed by atoms with Crippen molar-refractivity contribution in [1.29, 1.82) is 0 Å². The molecule has 7 heteroatoms. The molecule has 0 bridgehead atoms. The summed E-state index contributed by atoms with van der Waals surface area (Å²) in [5.74, 6) is 0.620. The molecular formula is C30H43Cl2N3O2. The van der Waals surface area contributed by atoms with Gasteiger partial charge in [-0.3, -0.25) is 9.59 Å². The molecule has 1 heterocycles. The van der Waals surface area contributed by atoms with Crippen molar-refractivity contribution in [2.24, 2.45) is 11.3 Å². The molecule has 1 fully saturated rings. The minimum Gasteiger partial charge on any atom is -0.345 e. The Morgan fingerprint density at radius 2 is 1.78 bits per heavy atom. The van der Waals surface area contributed by atoms with Crippen molar-refractivity contribution in [3.8, 4) is 0 Å². The van der Waals surface area contributed by atoms with Crippen molar-refractivity contribution in [1.82, 2.24) is 14.4 Å². The zero-order valence-corrected chi connectivity index (χ0v) is 24.4. The van der Waals surface area contributed by atoms with Crippen LogP contribution < -0.4 is 0 Å². The van der Waals surface area contributed by atoms with Crippen LogP contribution in [0.5, 0.6) is 0 Å². The Kier molecular flexibility index (Phi) is 11.0. The lowest BCUT2D eigenvalue weighted by atomic mass is 9.93. The fourth-order valence-corrected chi connectivity index (χ4v) is 5.26. The van der Waals surface area contributed by atoms with Crippen molar-refractivity contribution < 1.29 is 9.59 Å². The molecule has 0 radical (unpaired) electrons. The average molecular weight is 549 g/mol. The van der Waals surface area contributed by atoms with Crippen LogP contribution in [-0.4, -0.2) is 51.2 Å². The molecule has 0 N–H and O–H groups in total. The molecule has 0 spiro atoms. The van der Waals surface area contributed by atoms with Gasteiger partial charge in [-0.15, -0.1) is 11.6 Å². The zero-order chi connectivity index (χ0) is 27.0. The summed E-state index contributed by atoms with van der Waals surface area (Å²) in [7, 11) is 0. The Balaban J connectivity index is 1.83. The first-order valence-corrected chi connectivity index (χ1v) is 14.6. The van der Waals surface area contributed by atoms with Gasteiger partial charge in [0.25, 0.3) is 0 Å². The fraction of sp³-hybridized carbons (Fsp3) is 0.600. The zero-order valence-electron chi connectivity index (χ0n) is 22.9. The molecule has 1 saturated carbocycles. The normalized spacial score (nSPS) is 14.7. The van der Waals surface area contributed by atoms with Gasteiger partial charge in [0.15, 0.2) is 0 Å². The predicted molar refractivity (Wildman–Crippen MR) is 153 cm³/mol. The molecule has 0 atom stereocenters. The lowest BCUT2D eigenvalue weighted by molar-refractivity contribution is -0.147. The standard InChI is InChI=1S/C30H43Cl2N3O2/c1-23(2)16-18-34(29(37)30(3,4)22-31)21-28(36)35(25-12-6-5-7-13-25)20-26-14-10-17-33(26)19-24-11-8-9-15-27(24)32/h8-11,14-15,17,23,25H,5-7,12-13,16,18-22H2,1-4H3. The molecule has 37 heavy (non-hydrogen) atoms. The lowest BCUT2D eigenvalue weighted by Crippen LogP contribution is -2.50. The highest BCUT2D eigenvalue weighted by atomic mass is 35.5. The van der Waals surface area contributed by atoms with Crippen LogP contribution in [0.1, 0.15) is 77.5 Å². The molecule has 1 aromatic carbocycles. The van der Waals surface area contributed by atoms with Crippen molar-refractivity contribution in [3.05, 3.63) is 58.9 Å². The molecule has 2 aromatic rings. The number of amides is 2. The van der Waals surface area contributed by atoms with Gasteiger partial charge < -0.3 is 14.4 Å². The Morgan fingerprint density at radius 1 is 1.08 bits per heavy atom. The number of carbonyl (C=O) groups is 2. The van der Waals surface area contributed by atoms with Crippen molar-refractivity contribution in [3.63, 3.8) is 0 Å². The van der Waals surface area contributed by atoms with E-state index in [4.69, 9.17) is 23.2 Å². The molecule has 0 aliphatic heterocycles. The van der Waals surface area contributed by atoms with E-state index in [1.165, 1.54) is 6.42 Å². The van der Waals surface area contributed by atoms with Crippen molar-refractivity contribution in [2.75, 3.05) is 19.0 Å². The Hall–Kier alpha value is -1.98. The van der Waals surface area contributed by atoms with Crippen LogP contribution in [0.15, 0.2) is 42.6 Å². The first kappa shape index (κ1) is 29.6. The van der Waals surface area contributed by atoms with Crippen LogP contribution in [0, 0.1) is 11.3 Å². The number of hydrogen-bond donors (Lipinski definition) is 0. The van der Waals surface area contributed by atoms with Gasteiger partial charge in [0.2, 0.25) is 11.8 Å². The van der Waals surface area contributed by atoms with E-state index in [2.05, 4.69) is 24.5 Å². The molecule has 1 aromatic heterocycles. The Bertz CT molecular complexity index is 1030. The van der Waals surface area contributed by atoms with Gasteiger partial charge in [-0.2, -0.15) is 0 Å². The summed E-state index contributed by atoms with van der Waals surface area (Å²) in [4.78, 5) is 31.1. The molecular weight excluding hydrogens is 505 g/mol. The number of nitrogens with zero attached hydrogens (tertiary/aromatic N) is 3. The van der Waals surface area contributed by atoms with Crippen LogP contribution in [0.4, 0.5) is 0 Å². The van der Waals surface area contributed by atoms with E-state index in [1.54, 1.807) is 4.90 Å². The highest BCUT2D eigenvalue weighted by Gasteiger charge is 2.34. The van der Waals surface area contributed by atoms with Gasteiger partial charge in [-0.25, -0.2) is 0 Å². The first-order valence-electron chi connectivity index (χ1n) is 13.6. The van der Waals surface area contributed by atoms with E-state index in [0.717, 1.165) is 48.4 Å². The molecule has 0 saturated heterocycles. The second-order valence-corrected chi connectivity index (χ2v) is 12.1. The second kappa shape index (κ2) is 13.7. The van der Waals surface area contributed by atoms with E-state index in [9.17, 15) is 9.59 Å². The van der Waals surface area contributed by atoms with Gasteiger partial charge in [-0.1, -0.05) is 62.9 Å². The van der Waals surface area contributed by atoms with Crippen molar-refractivity contribution in [2.45, 2.75) is 85.4 Å². The SMILES string of the molecule is CC(C)CCN(CC(=O)N(Cc1cccn1Cc1ccccc1Cl)C1CCCCC1)C(=O)C(C)(C)CCl. The highest BCUT2D eigenvalue weighted by Crippen LogP contribution is 2.27. The van der Waals surface area contributed by atoms with E-state index >= 15 is 0 Å². The maximum absolute atomic E-state index is 13.9. The van der Waals surface area contributed by atoms with E-state index in [1.807, 2.05) is 55.3 Å². The third-order valence-corrected chi connectivity index (χ3v) is 8.43. The lowest BCUT2D eigenvalue weighted by Gasteiger charge is -2.37. The van der Waals surface area contributed by atoms with Crippen LogP contribution in [0.2, 0.25) is 5.02 Å². The molecule has 0 unspecified atom stereocenters. The number of carbonyl (C=O) groups excluding carboxylic acids is 2. The van der Waals surface area contributed by atoms with Gasteiger partial charge in [0.05, 0.1) is 18.5 Å². The summed E-state index contributed by atoms with van der Waals surface area (Å²) in [5.41, 5.74) is 1.41. The quantitative estimate of drug-likeness (QED) is 0.269. The minimum atomic E-state index is -0.710. The highest BCUT2D eigenvalue weighted by molar-refractivity contribution is 6.31. The number of alkyl halides is 1. The molecule has 1 aliphatic carbocycles. The van der Waals surface area contributed by atoms with E-state index in [0.29, 0.717) is 25.6 Å². The van der Waals surface area contributed by atoms with Gasteiger partial charge in [0.1, 0.15) is 0 Å². The number of aromatic nitrogens is 1. The number of halogens is 2. The van der Waals surface area contributed by atoms with E-state index in [-0.39, 0.29) is 30.3 Å². The smallest absolute Gasteiger partial charge is 0.242 e. The Labute approximate surface area is 233 Å². The predicted octanol–water partition coefficient (Wildman–Crippen LogP) is 6.99. The monoisotopic (exact) mass is 547 g/mol. The van der Waals surface area contributed by atoms with Crippen molar-refractivity contribution >= 4 is 35.0 Å². The minimum absolute atomic E-state index is 0.0138. The summed E-state index contributed by atoms with van der Waals surface area (Å²) < 4.78 is 2.17. The van der Waals surface area contributed by atoms with Crippen LogP contribution in [0.25, 0.3) is 0 Å². The maximum Gasteiger partial charge on any atom is 0.242 e. The second-order valence-electron chi connectivity index (χ2n) is 11.5. The molecule has 5 nitrogen and oxygen atoms in total. The maximum atomic E-state index is 13.9. The molecule has 1 aliphatic rings. The Morgan fingerprint density at radius 3 is 2.43 bits per heavy atom. The molecule has 2 amide bonds. The average Bonchev–Trinajstić information content (AvgIpc) is 3.32. The van der Waals surface area contributed by atoms with Gasteiger partial charge in [-0.05, 0) is 62.8 Å². The number of rotatable bonds is 12. The largest absolute Gasteiger partial charge is 0.345 e. The topological polar surface area (TPSA) is 45.6 Å². The van der Waals surface area contributed by atoms with E-state index < -0.39 is 5.41 Å². The first-order chi connectivity index (χ1) is 17.6. The summed E-state index contributed by atoms with van der Waals surface area (Å²) in [6, 6.07) is 12.2. The van der Waals surface area contributed by atoms with Crippen LogP contribution in [0.3, 0.4) is 0 Å². The molecule has 204 valence electrons. The van der Waals surface area contributed by atoms with Gasteiger partial charge >= 0.3 is 0 Å². The van der Waals surface area contributed by atoms with Crippen LogP contribution >= 0.6 is 23.2 Å². The summed E-state index contributed by atoms with van der Waals surface area (Å²) in [5, 5.41) is 0.739. The fourth-order valence-electron chi connectivity index (χ4n) is 4.95. The van der Waals surface area contributed by atoms with Gasteiger partial charge in [0, 0.05) is 41.9 Å². The summed E-state index contributed by atoms with van der Waals surface area (Å²) in [6.45, 7) is 9.81. The third kappa shape index (κ3) is 8.25. The number of hydrogen-bond acceptors (Lipinski definition) is 2. The molecule has 3 rings (SSSR count). The van der Waals surface area contributed by atoms with Crippen LogP contribution in [-0.2, 0) is 22.7 Å². The summed E-state index contributed by atoms with van der Waals surface area (Å²) >= 11 is 12.6. The third-order valence-electron chi connectivity index (χ3n) is 7.39. The summed E-state index contributed by atoms with van der Waals surface area (Å²) in [6.07, 6.45) is 8.37. The number of benzene rings is 1.